The molecule has 0 heterocycles. The quantitative estimate of drug-likeness (QED) is 0.688. The number of alkyl halides is 3. The number of rotatable bonds is 0. The summed E-state index contributed by atoms with van der Waals surface area (Å²) in [5, 5.41) is 0.246. The first-order valence-electron chi connectivity index (χ1n) is 4.78. The molecule has 0 fully saturated rings. The second-order valence-electron chi connectivity index (χ2n) is 3.77. The zero-order valence-electron chi connectivity index (χ0n) is 8.20. The smallest absolute Gasteiger partial charge is 0.299 e. The largest absolute Gasteiger partial charge is 0.416 e. The summed E-state index contributed by atoms with van der Waals surface area (Å²) in [5.74, 6) is -0.0614. The molecule has 16 heavy (non-hydrogen) atoms. The third-order valence-corrected chi connectivity index (χ3v) is 3.06. The Morgan fingerprint density at radius 3 is 2.44 bits per heavy atom. The van der Waals surface area contributed by atoms with Crippen LogP contribution in [0.3, 0.4) is 0 Å². The second-order valence-corrected chi connectivity index (χ2v) is 4.17. The molecule has 0 aromatic heterocycles. The van der Waals surface area contributed by atoms with Crippen molar-refractivity contribution in [1.29, 1.82) is 0 Å². The lowest BCUT2D eigenvalue weighted by Crippen LogP contribution is -2.19. The Morgan fingerprint density at radius 1 is 1.12 bits per heavy atom. The molecule has 1 aromatic carbocycles. The van der Waals surface area contributed by atoms with E-state index in [-0.39, 0.29) is 35.6 Å². The highest BCUT2D eigenvalue weighted by atomic mass is 35.5. The van der Waals surface area contributed by atoms with Gasteiger partial charge in [0, 0.05) is 17.9 Å². The molecule has 1 aromatic rings. The summed E-state index contributed by atoms with van der Waals surface area (Å²) in [6.45, 7) is 0. The average Bonchev–Trinajstić information content (AvgIpc) is 2.17. The van der Waals surface area contributed by atoms with Gasteiger partial charge in [-0.3, -0.25) is 4.79 Å². The van der Waals surface area contributed by atoms with Crippen LogP contribution in [-0.4, -0.2) is 5.78 Å². The minimum Gasteiger partial charge on any atom is -0.299 e. The molecule has 0 saturated heterocycles. The van der Waals surface area contributed by atoms with E-state index in [0.29, 0.717) is 5.56 Å². The zero-order valence-corrected chi connectivity index (χ0v) is 8.95. The Balaban J connectivity index is 2.59. The van der Waals surface area contributed by atoms with Crippen LogP contribution >= 0.6 is 11.6 Å². The van der Waals surface area contributed by atoms with E-state index in [1.54, 1.807) is 0 Å². The third kappa shape index (κ3) is 1.94. The summed E-state index contributed by atoms with van der Waals surface area (Å²) in [7, 11) is 0. The first kappa shape index (κ1) is 11.5. The lowest BCUT2D eigenvalue weighted by atomic mass is 9.87. The molecule has 0 aliphatic heterocycles. The summed E-state index contributed by atoms with van der Waals surface area (Å²) in [6, 6.07) is 2.19. The predicted octanol–water partition coefficient (Wildman–Crippen LogP) is 3.42. The molecule has 1 aliphatic rings. The van der Waals surface area contributed by atoms with Gasteiger partial charge in [-0.1, -0.05) is 11.6 Å². The van der Waals surface area contributed by atoms with E-state index in [1.165, 1.54) is 6.07 Å². The summed E-state index contributed by atoms with van der Waals surface area (Å²) in [4.78, 5) is 11.2. The van der Waals surface area contributed by atoms with Crippen LogP contribution in [0.5, 0.6) is 0 Å². The molecule has 0 atom stereocenters. The van der Waals surface area contributed by atoms with Crippen molar-refractivity contribution in [2.24, 2.45) is 0 Å². The fourth-order valence-corrected chi connectivity index (χ4v) is 2.20. The number of fused-ring (bicyclic) bond motifs is 1. The number of halogens is 4. The Morgan fingerprint density at radius 2 is 1.81 bits per heavy atom. The van der Waals surface area contributed by atoms with Crippen molar-refractivity contribution in [2.75, 3.05) is 0 Å². The number of Topliss-reactive ketones (excluding diaryl/α,β-unsaturated/α-hetero) is 1. The molecule has 1 aliphatic carbocycles. The van der Waals surface area contributed by atoms with Crippen LogP contribution in [0.25, 0.3) is 0 Å². The number of hydrogen-bond acceptors (Lipinski definition) is 1. The van der Waals surface area contributed by atoms with Gasteiger partial charge >= 0.3 is 6.18 Å². The van der Waals surface area contributed by atoms with Crippen molar-refractivity contribution in [3.05, 3.63) is 33.8 Å². The number of benzene rings is 1. The van der Waals surface area contributed by atoms with Gasteiger partial charge in [-0.05, 0) is 29.7 Å². The Kier molecular flexibility index (Phi) is 2.70. The first-order chi connectivity index (χ1) is 7.39. The van der Waals surface area contributed by atoms with Crippen LogP contribution in [-0.2, 0) is 23.8 Å². The number of ketones is 1. The molecule has 0 saturated carbocycles. The van der Waals surface area contributed by atoms with Gasteiger partial charge in [0.25, 0.3) is 0 Å². The number of carbonyl (C=O) groups is 1. The molecule has 86 valence electrons. The van der Waals surface area contributed by atoms with Gasteiger partial charge < -0.3 is 0 Å². The van der Waals surface area contributed by atoms with E-state index in [9.17, 15) is 18.0 Å². The molecule has 1 nitrogen and oxygen atoms in total. The van der Waals surface area contributed by atoms with Crippen molar-refractivity contribution in [2.45, 2.75) is 25.4 Å². The van der Waals surface area contributed by atoms with E-state index in [0.717, 1.165) is 6.07 Å². The van der Waals surface area contributed by atoms with Crippen molar-refractivity contribution < 1.29 is 18.0 Å². The van der Waals surface area contributed by atoms with Crippen LogP contribution in [0.1, 0.15) is 23.1 Å². The lowest BCUT2D eigenvalue weighted by molar-refractivity contribution is -0.138. The van der Waals surface area contributed by atoms with Crippen LogP contribution in [0, 0.1) is 0 Å². The molecule has 0 amide bonds. The average molecular weight is 249 g/mol. The molecule has 0 bridgehead atoms. The maximum absolute atomic E-state index is 12.7. The minimum absolute atomic E-state index is 0.0120. The summed E-state index contributed by atoms with van der Waals surface area (Å²) in [6.07, 6.45) is -4.08. The van der Waals surface area contributed by atoms with Crippen LogP contribution in [0.2, 0.25) is 5.02 Å². The lowest BCUT2D eigenvalue weighted by Gasteiger charge is -2.21. The number of carbonyl (C=O) groups excluding carboxylic acids is 1. The summed E-state index contributed by atoms with van der Waals surface area (Å²) in [5.41, 5.74) is -0.147. The SMILES string of the molecule is O=C1CCc2c(C(F)(F)F)ccc(Cl)c2C1. The molecule has 2 rings (SSSR count). The highest BCUT2D eigenvalue weighted by Gasteiger charge is 2.36. The van der Waals surface area contributed by atoms with Gasteiger partial charge in [-0.25, -0.2) is 0 Å². The molecule has 0 unspecified atom stereocenters. The molecular weight excluding hydrogens is 241 g/mol. The van der Waals surface area contributed by atoms with E-state index in [4.69, 9.17) is 11.6 Å². The Labute approximate surface area is 95.2 Å². The zero-order chi connectivity index (χ0) is 11.9. The molecule has 5 heteroatoms. The topological polar surface area (TPSA) is 17.1 Å². The van der Waals surface area contributed by atoms with E-state index in [2.05, 4.69) is 0 Å². The molecule has 0 spiro atoms. The normalized spacial score (nSPS) is 16.1. The number of hydrogen-bond donors (Lipinski definition) is 0. The van der Waals surface area contributed by atoms with E-state index >= 15 is 0 Å². The Bertz CT molecular complexity index is 451. The first-order valence-corrected chi connectivity index (χ1v) is 5.16. The van der Waals surface area contributed by atoms with Gasteiger partial charge in [0.15, 0.2) is 0 Å². The van der Waals surface area contributed by atoms with Crippen LogP contribution in [0.15, 0.2) is 12.1 Å². The van der Waals surface area contributed by atoms with Crippen molar-refractivity contribution in [3.63, 3.8) is 0 Å². The van der Waals surface area contributed by atoms with Crippen LogP contribution < -0.4 is 0 Å². The molecule has 0 N–H and O–H groups in total. The highest BCUT2D eigenvalue weighted by Crippen LogP contribution is 2.38. The monoisotopic (exact) mass is 248 g/mol. The van der Waals surface area contributed by atoms with Gasteiger partial charge in [0.1, 0.15) is 5.78 Å². The fourth-order valence-electron chi connectivity index (χ4n) is 1.96. The van der Waals surface area contributed by atoms with Gasteiger partial charge in [0.2, 0.25) is 0 Å². The predicted molar refractivity (Wildman–Crippen MR) is 53.5 cm³/mol. The standard InChI is InChI=1S/C11H8ClF3O/c12-10-4-3-9(11(13,14)15)7-2-1-6(16)5-8(7)10/h3-4H,1-2,5H2. The third-order valence-electron chi connectivity index (χ3n) is 2.71. The van der Waals surface area contributed by atoms with Crippen molar-refractivity contribution in [3.8, 4) is 0 Å². The van der Waals surface area contributed by atoms with Gasteiger partial charge in [-0.15, -0.1) is 0 Å². The fraction of sp³-hybridized carbons (Fsp3) is 0.364. The van der Waals surface area contributed by atoms with E-state index < -0.39 is 11.7 Å². The highest BCUT2D eigenvalue weighted by molar-refractivity contribution is 6.31. The molecule has 0 radical (unpaired) electrons. The van der Waals surface area contributed by atoms with Crippen molar-refractivity contribution >= 4 is 17.4 Å². The van der Waals surface area contributed by atoms with Gasteiger partial charge in [0.05, 0.1) is 5.56 Å². The van der Waals surface area contributed by atoms with Gasteiger partial charge in [-0.2, -0.15) is 13.2 Å². The van der Waals surface area contributed by atoms with Crippen LogP contribution in [0.4, 0.5) is 13.2 Å². The second kappa shape index (κ2) is 3.77. The van der Waals surface area contributed by atoms with E-state index in [1.807, 2.05) is 0 Å². The molecular formula is C11H8ClF3O. The van der Waals surface area contributed by atoms with Crippen molar-refractivity contribution in [1.82, 2.24) is 0 Å². The summed E-state index contributed by atoms with van der Waals surface area (Å²) >= 11 is 5.81. The Hall–Kier alpha value is -1.03. The maximum atomic E-state index is 12.7. The summed E-state index contributed by atoms with van der Waals surface area (Å²) < 4.78 is 38.0. The minimum atomic E-state index is -4.38. The maximum Gasteiger partial charge on any atom is 0.416 e.